The minimum atomic E-state index is 0.0894. The van der Waals surface area contributed by atoms with E-state index in [9.17, 15) is 4.79 Å². The highest BCUT2D eigenvalue weighted by atomic mass is 16.2. The molecule has 0 bridgehead atoms. The van der Waals surface area contributed by atoms with E-state index in [1.165, 1.54) is 24.8 Å². The Kier molecular flexibility index (Phi) is 3.86. The first kappa shape index (κ1) is 11.5. The number of amides is 2. The van der Waals surface area contributed by atoms with Crippen LogP contribution in [0.3, 0.4) is 0 Å². The number of nitrogens with one attached hydrogen (secondary N) is 1. The summed E-state index contributed by atoms with van der Waals surface area (Å²) in [5.74, 6) is 0. The van der Waals surface area contributed by atoms with E-state index < -0.39 is 0 Å². The molecule has 2 fully saturated rings. The van der Waals surface area contributed by atoms with Crippen molar-refractivity contribution in [2.24, 2.45) is 0 Å². The normalized spacial score (nSPS) is 25.7. The molecule has 0 aromatic heterocycles. The molecule has 1 heterocycles. The van der Waals surface area contributed by atoms with Crippen molar-refractivity contribution >= 4 is 6.03 Å². The molecule has 1 saturated carbocycles. The molecular formula is C13H22N2O. The largest absolute Gasteiger partial charge is 0.322 e. The molecule has 0 radical (unpaired) electrons. The Morgan fingerprint density at radius 1 is 1.31 bits per heavy atom. The van der Waals surface area contributed by atoms with Crippen LogP contribution < -0.4 is 5.32 Å². The van der Waals surface area contributed by atoms with Gasteiger partial charge in [0.25, 0.3) is 0 Å². The quantitative estimate of drug-likeness (QED) is 0.726. The third kappa shape index (κ3) is 2.77. The highest BCUT2D eigenvalue weighted by Crippen LogP contribution is 2.23. The maximum absolute atomic E-state index is 11.9. The lowest BCUT2D eigenvalue weighted by Gasteiger charge is -2.33. The molecule has 3 heteroatoms. The van der Waals surface area contributed by atoms with Crippen molar-refractivity contribution in [2.75, 3.05) is 6.54 Å². The lowest BCUT2D eigenvalue weighted by atomic mass is 10.0. The van der Waals surface area contributed by atoms with Crippen LogP contribution in [0.4, 0.5) is 4.79 Å². The third-order valence-electron chi connectivity index (χ3n) is 3.71. The van der Waals surface area contributed by atoms with Crippen molar-refractivity contribution in [1.82, 2.24) is 10.2 Å². The van der Waals surface area contributed by atoms with E-state index in [2.05, 4.69) is 12.2 Å². The second kappa shape index (κ2) is 5.37. The molecule has 2 aliphatic rings. The molecule has 0 aromatic carbocycles. The predicted molar refractivity (Wildman–Crippen MR) is 65.1 cm³/mol. The first-order chi connectivity index (χ1) is 7.77. The smallest absolute Gasteiger partial charge is 0.321 e. The van der Waals surface area contributed by atoms with Crippen molar-refractivity contribution in [2.45, 2.75) is 57.9 Å². The van der Waals surface area contributed by atoms with Crippen LogP contribution in [0.2, 0.25) is 0 Å². The molecule has 1 unspecified atom stereocenters. The van der Waals surface area contributed by atoms with E-state index in [4.69, 9.17) is 0 Å². The van der Waals surface area contributed by atoms with Crippen LogP contribution in [0.15, 0.2) is 11.8 Å². The van der Waals surface area contributed by atoms with E-state index in [0.29, 0.717) is 6.04 Å². The van der Waals surface area contributed by atoms with Gasteiger partial charge in [-0.2, -0.15) is 0 Å². The van der Waals surface area contributed by atoms with Gasteiger partial charge in [0.1, 0.15) is 0 Å². The first-order valence-electron chi connectivity index (χ1n) is 6.52. The summed E-state index contributed by atoms with van der Waals surface area (Å²) in [6, 6.07) is 0.488. The fourth-order valence-electron chi connectivity index (χ4n) is 2.62. The number of rotatable bonds is 1. The second-order valence-electron chi connectivity index (χ2n) is 5.00. The third-order valence-corrected chi connectivity index (χ3v) is 3.71. The van der Waals surface area contributed by atoms with Gasteiger partial charge in [0.2, 0.25) is 0 Å². The Morgan fingerprint density at radius 2 is 2.06 bits per heavy atom. The average Bonchev–Trinajstić information content (AvgIpc) is 2.79. The highest BCUT2D eigenvalue weighted by Gasteiger charge is 2.22. The number of carbonyl (C=O) groups excluding carboxylic acids is 1. The van der Waals surface area contributed by atoms with Gasteiger partial charge in [-0.15, -0.1) is 0 Å². The van der Waals surface area contributed by atoms with Crippen LogP contribution in [-0.2, 0) is 0 Å². The Bertz CT molecular complexity index is 278. The van der Waals surface area contributed by atoms with Crippen molar-refractivity contribution in [3.8, 4) is 0 Å². The van der Waals surface area contributed by atoms with Crippen molar-refractivity contribution in [3.05, 3.63) is 11.8 Å². The van der Waals surface area contributed by atoms with E-state index in [-0.39, 0.29) is 6.03 Å². The zero-order valence-corrected chi connectivity index (χ0v) is 10.2. The van der Waals surface area contributed by atoms with Gasteiger partial charge in [-0.1, -0.05) is 5.57 Å². The zero-order chi connectivity index (χ0) is 11.4. The van der Waals surface area contributed by atoms with E-state index in [0.717, 1.165) is 32.2 Å². The zero-order valence-electron chi connectivity index (χ0n) is 10.2. The van der Waals surface area contributed by atoms with Gasteiger partial charge in [-0.3, -0.25) is 0 Å². The summed E-state index contributed by atoms with van der Waals surface area (Å²) in [6.07, 6.45) is 10.4. The Morgan fingerprint density at radius 3 is 2.75 bits per heavy atom. The molecule has 16 heavy (non-hydrogen) atoms. The molecule has 2 amide bonds. The number of likely N-dealkylation sites (tertiary alicyclic amines) is 1. The number of hydrogen-bond donors (Lipinski definition) is 1. The fraction of sp³-hybridized carbons (Fsp3) is 0.769. The highest BCUT2D eigenvalue weighted by molar-refractivity contribution is 5.75. The molecule has 1 aliphatic carbocycles. The SMILES string of the molecule is CC1CCCCN1C(=O)NC=C1CCCC1. The number of hydrogen-bond acceptors (Lipinski definition) is 1. The number of urea groups is 1. The summed E-state index contributed by atoms with van der Waals surface area (Å²) < 4.78 is 0. The van der Waals surface area contributed by atoms with E-state index in [1.807, 2.05) is 11.1 Å². The molecule has 2 rings (SSSR count). The number of nitrogens with zero attached hydrogens (tertiary/aromatic N) is 1. The van der Waals surface area contributed by atoms with E-state index in [1.54, 1.807) is 0 Å². The minimum absolute atomic E-state index is 0.0894. The van der Waals surface area contributed by atoms with Crippen LogP contribution in [0.1, 0.15) is 51.9 Å². The topological polar surface area (TPSA) is 32.3 Å². The van der Waals surface area contributed by atoms with Crippen molar-refractivity contribution in [3.63, 3.8) is 0 Å². The summed E-state index contributed by atoms with van der Waals surface area (Å²) in [7, 11) is 0. The standard InChI is InChI=1S/C13H22N2O/c1-11-6-4-5-9-15(11)13(16)14-10-12-7-2-3-8-12/h10-11H,2-9H2,1H3,(H,14,16). The number of piperidine rings is 1. The Labute approximate surface area is 97.9 Å². The maximum atomic E-state index is 11.9. The summed E-state index contributed by atoms with van der Waals surface area (Å²) >= 11 is 0. The van der Waals surface area contributed by atoms with E-state index >= 15 is 0 Å². The second-order valence-corrected chi connectivity index (χ2v) is 5.00. The lowest BCUT2D eigenvalue weighted by Crippen LogP contribution is -2.46. The molecule has 1 aliphatic heterocycles. The number of allylic oxidation sites excluding steroid dienone is 1. The summed E-state index contributed by atoms with van der Waals surface area (Å²) in [5.41, 5.74) is 1.40. The van der Waals surface area contributed by atoms with Gasteiger partial charge < -0.3 is 10.2 Å². The molecule has 0 spiro atoms. The minimum Gasteiger partial charge on any atom is -0.322 e. The van der Waals surface area contributed by atoms with Gasteiger partial charge in [-0.25, -0.2) is 4.79 Å². The summed E-state index contributed by atoms with van der Waals surface area (Å²) in [4.78, 5) is 13.9. The van der Waals surface area contributed by atoms with Gasteiger partial charge in [0.15, 0.2) is 0 Å². The summed E-state index contributed by atoms with van der Waals surface area (Å²) in [5, 5.41) is 2.95. The van der Waals surface area contributed by atoms with Crippen LogP contribution in [0, 0.1) is 0 Å². The molecule has 1 atom stereocenters. The summed E-state index contributed by atoms with van der Waals surface area (Å²) in [6.45, 7) is 3.05. The van der Waals surface area contributed by atoms with Crippen LogP contribution in [0.5, 0.6) is 0 Å². The average molecular weight is 222 g/mol. The predicted octanol–water partition coefficient (Wildman–Crippen LogP) is 3.03. The van der Waals surface area contributed by atoms with Gasteiger partial charge in [0, 0.05) is 18.8 Å². The molecule has 3 nitrogen and oxygen atoms in total. The molecular weight excluding hydrogens is 200 g/mol. The van der Waals surface area contributed by atoms with Crippen LogP contribution in [0.25, 0.3) is 0 Å². The molecule has 90 valence electrons. The number of carbonyl (C=O) groups is 1. The molecule has 0 aromatic rings. The lowest BCUT2D eigenvalue weighted by molar-refractivity contribution is 0.161. The van der Waals surface area contributed by atoms with Gasteiger partial charge >= 0.3 is 6.03 Å². The fourth-order valence-corrected chi connectivity index (χ4v) is 2.62. The van der Waals surface area contributed by atoms with Crippen molar-refractivity contribution in [1.29, 1.82) is 0 Å². The van der Waals surface area contributed by atoms with Crippen molar-refractivity contribution < 1.29 is 4.79 Å². The maximum Gasteiger partial charge on any atom is 0.321 e. The Hall–Kier alpha value is -0.990. The van der Waals surface area contributed by atoms with Gasteiger partial charge in [0.05, 0.1) is 0 Å². The molecule has 1 N–H and O–H groups in total. The van der Waals surface area contributed by atoms with Gasteiger partial charge in [-0.05, 0) is 51.9 Å². The molecule has 1 saturated heterocycles. The first-order valence-corrected chi connectivity index (χ1v) is 6.52. The van der Waals surface area contributed by atoms with Crippen LogP contribution in [-0.4, -0.2) is 23.5 Å². The monoisotopic (exact) mass is 222 g/mol. The van der Waals surface area contributed by atoms with Crippen LogP contribution >= 0.6 is 0 Å². The Balaban J connectivity index is 1.84.